The average Bonchev–Trinajstić information content (AvgIpc) is 2.68. The van der Waals surface area contributed by atoms with E-state index in [1.54, 1.807) is 0 Å². The molecule has 2 rings (SSSR count). The predicted molar refractivity (Wildman–Crippen MR) is 62.8 cm³/mol. The van der Waals surface area contributed by atoms with Crippen LogP contribution in [0.4, 0.5) is 0 Å². The maximum Gasteiger partial charge on any atom is 0.106 e. The number of rotatable bonds is 4. The van der Waals surface area contributed by atoms with E-state index in [0.717, 1.165) is 42.7 Å². The molecule has 0 aliphatic heterocycles. The number of H-pyrrole nitrogens is 1. The highest BCUT2D eigenvalue weighted by Gasteiger charge is 2.01. The summed E-state index contributed by atoms with van der Waals surface area (Å²) >= 11 is 0. The maximum absolute atomic E-state index is 5.49. The largest absolute Gasteiger partial charge is 0.342 e. The van der Waals surface area contributed by atoms with Crippen molar-refractivity contribution in [2.75, 3.05) is 6.54 Å². The smallest absolute Gasteiger partial charge is 0.106 e. The first kappa shape index (κ1) is 10.2. The Labute approximate surface area is 89.7 Å². The fourth-order valence-electron chi connectivity index (χ4n) is 1.74. The summed E-state index contributed by atoms with van der Waals surface area (Å²) in [7, 11) is 0. The van der Waals surface area contributed by atoms with Gasteiger partial charge in [0.1, 0.15) is 5.82 Å². The zero-order valence-corrected chi connectivity index (χ0v) is 9.09. The van der Waals surface area contributed by atoms with Gasteiger partial charge in [-0.1, -0.05) is 13.0 Å². The third kappa shape index (κ3) is 2.18. The topological polar surface area (TPSA) is 54.7 Å². The summed E-state index contributed by atoms with van der Waals surface area (Å²) in [5.74, 6) is 1.06. The Morgan fingerprint density at radius 2 is 2.27 bits per heavy atom. The highest BCUT2D eigenvalue weighted by atomic mass is 14.9. The van der Waals surface area contributed by atoms with Crippen LogP contribution in [0.1, 0.15) is 24.7 Å². The van der Waals surface area contributed by atoms with Crippen LogP contribution in [-0.4, -0.2) is 16.5 Å². The quantitative estimate of drug-likeness (QED) is 0.798. The standard InChI is InChI=1S/C12H17N3/c1-2-12-14-10-6-5-9(4-3-7-13)8-11(10)15-12/h5-6,8H,2-4,7,13H2,1H3,(H,14,15). The van der Waals surface area contributed by atoms with Crippen molar-refractivity contribution in [1.29, 1.82) is 0 Å². The van der Waals surface area contributed by atoms with Crippen molar-refractivity contribution in [3.05, 3.63) is 29.6 Å². The molecule has 1 aromatic carbocycles. The fraction of sp³-hybridized carbons (Fsp3) is 0.417. The number of imidazole rings is 1. The minimum absolute atomic E-state index is 0.751. The first-order chi connectivity index (χ1) is 7.33. The van der Waals surface area contributed by atoms with E-state index in [0.29, 0.717) is 0 Å². The molecule has 3 N–H and O–H groups in total. The summed E-state index contributed by atoms with van der Waals surface area (Å²) in [6, 6.07) is 6.40. The first-order valence-electron chi connectivity index (χ1n) is 5.51. The normalized spacial score (nSPS) is 11.1. The number of benzene rings is 1. The Balaban J connectivity index is 2.29. The van der Waals surface area contributed by atoms with Gasteiger partial charge in [-0.15, -0.1) is 0 Å². The molecule has 1 heterocycles. The molecule has 0 spiro atoms. The molecule has 0 bridgehead atoms. The van der Waals surface area contributed by atoms with Crippen LogP contribution in [0.25, 0.3) is 11.0 Å². The van der Waals surface area contributed by atoms with Gasteiger partial charge in [0.15, 0.2) is 0 Å². The molecular formula is C12H17N3. The van der Waals surface area contributed by atoms with E-state index in [1.165, 1.54) is 5.56 Å². The van der Waals surface area contributed by atoms with Crippen molar-refractivity contribution in [2.24, 2.45) is 5.73 Å². The van der Waals surface area contributed by atoms with Crippen LogP contribution in [0, 0.1) is 0 Å². The van der Waals surface area contributed by atoms with Crippen LogP contribution in [-0.2, 0) is 12.8 Å². The second kappa shape index (κ2) is 4.45. The number of nitrogens with zero attached hydrogens (tertiary/aromatic N) is 1. The van der Waals surface area contributed by atoms with Crippen LogP contribution in [0.15, 0.2) is 18.2 Å². The minimum atomic E-state index is 0.751. The van der Waals surface area contributed by atoms with Crippen molar-refractivity contribution >= 4 is 11.0 Å². The average molecular weight is 203 g/mol. The maximum atomic E-state index is 5.49. The van der Waals surface area contributed by atoms with E-state index >= 15 is 0 Å². The summed E-state index contributed by atoms with van der Waals surface area (Å²) in [4.78, 5) is 7.79. The van der Waals surface area contributed by atoms with E-state index in [9.17, 15) is 0 Å². The Bertz CT molecular complexity index is 445. The van der Waals surface area contributed by atoms with Crippen LogP contribution >= 0.6 is 0 Å². The van der Waals surface area contributed by atoms with E-state index in [2.05, 4.69) is 35.1 Å². The van der Waals surface area contributed by atoms with Gasteiger partial charge in [-0.05, 0) is 37.1 Å². The van der Waals surface area contributed by atoms with Gasteiger partial charge in [0.05, 0.1) is 11.0 Å². The summed E-state index contributed by atoms with van der Waals surface area (Å²) < 4.78 is 0. The van der Waals surface area contributed by atoms with Gasteiger partial charge >= 0.3 is 0 Å². The molecule has 2 aromatic rings. The van der Waals surface area contributed by atoms with Crippen LogP contribution < -0.4 is 5.73 Å². The predicted octanol–water partition coefficient (Wildman–Crippen LogP) is 2.02. The number of nitrogens with two attached hydrogens (primary N) is 1. The molecule has 0 saturated heterocycles. The lowest BCUT2D eigenvalue weighted by molar-refractivity contribution is 0.833. The van der Waals surface area contributed by atoms with E-state index in [4.69, 9.17) is 5.73 Å². The Morgan fingerprint density at radius 1 is 1.40 bits per heavy atom. The SMILES string of the molecule is CCc1nc2ccc(CCCN)cc2[nH]1. The highest BCUT2D eigenvalue weighted by molar-refractivity contribution is 5.75. The Morgan fingerprint density at radius 3 is 3.00 bits per heavy atom. The number of nitrogens with one attached hydrogen (secondary N) is 1. The number of aryl methyl sites for hydroxylation is 2. The van der Waals surface area contributed by atoms with Crippen molar-refractivity contribution in [1.82, 2.24) is 9.97 Å². The number of aromatic amines is 1. The molecule has 0 unspecified atom stereocenters. The Kier molecular flexibility index (Phi) is 3.02. The highest BCUT2D eigenvalue weighted by Crippen LogP contribution is 2.15. The van der Waals surface area contributed by atoms with Crippen molar-refractivity contribution in [2.45, 2.75) is 26.2 Å². The number of hydrogen-bond donors (Lipinski definition) is 2. The van der Waals surface area contributed by atoms with E-state index < -0.39 is 0 Å². The van der Waals surface area contributed by atoms with E-state index in [-0.39, 0.29) is 0 Å². The summed E-state index contributed by atoms with van der Waals surface area (Å²) in [6.45, 7) is 2.86. The van der Waals surface area contributed by atoms with Crippen LogP contribution in [0.3, 0.4) is 0 Å². The molecule has 0 radical (unpaired) electrons. The fourth-order valence-corrected chi connectivity index (χ4v) is 1.74. The van der Waals surface area contributed by atoms with Gasteiger partial charge in [0, 0.05) is 6.42 Å². The lowest BCUT2D eigenvalue weighted by atomic mass is 10.1. The second-order valence-corrected chi connectivity index (χ2v) is 3.78. The molecule has 80 valence electrons. The first-order valence-corrected chi connectivity index (χ1v) is 5.51. The van der Waals surface area contributed by atoms with Gasteiger partial charge in [0.2, 0.25) is 0 Å². The van der Waals surface area contributed by atoms with Gasteiger partial charge < -0.3 is 10.7 Å². The molecule has 0 aliphatic rings. The third-order valence-electron chi connectivity index (χ3n) is 2.60. The Hall–Kier alpha value is -1.35. The molecule has 1 aromatic heterocycles. The molecule has 3 heteroatoms. The second-order valence-electron chi connectivity index (χ2n) is 3.78. The third-order valence-corrected chi connectivity index (χ3v) is 2.60. The summed E-state index contributed by atoms with van der Waals surface area (Å²) in [6.07, 6.45) is 3.04. The molecule has 0 saturated carbocycles. The number of hydrogen-bond acceptors (Lipinski definition) is 2. The van der Waals surface area contributed by atoms with Crippen molar-refractivity contribution in [3.63, 3.8) is 0 Å². The molecule has 0 amide bonds. The molecule has 0 fully saturated rings. The zero-order chi connectivity index (χ0) is 10.7. The monoisotopic (exact) mass is 203 g/mol. The summed E-state index contributed by atoms with van der Waals surface area (Å²) in [5, 5.41) is 0. The van der Waals surface area contributed by atoms with Gasteiger partial charge in [-0.3, -0.25) is 0 Å². The minimum Gasteiger partial charge on any atom is -0.342 e. The molecule has 15 heavy (non-hydrogen) atoms. The number of aromatic nitrogens is 2. The van der Waals surface area contributed by atoms with Gasteiger partial charge in [0.25, 0.3) is 0 Å². The van der Waals surface area contributed by atoms with E-state index in [1.807, 2.05) is 0 Å². The lowest BCUT2D eigenvalue weighted by Crippen LogP contribution is -2.00. The van der Waals surface area contributed by atoms with Crippen LogP contribution in [0.5, 0.6) is 0 Å². The van der Waals surface area contributed by atoms with Crippen LogP contribution in [0.2, 0.25) is 0 Å². The summed E-state index contributed by atoms with van der Waals surface area (Å²) in [5.41, 5.74) is 9.03. The molecular weight excluding hydrogens is 186 g/mol. The molecule has 0 aliphatic carbocycles. The van der Waals surface area contributed by atoms with Gasteiger partial charge in [-0.25, -0.2) is 4.98 Å². The lowest BCUT2D eigenvalue weighted by Gasteiger charge is -1.98. The molecule has 0 atom stereocenters. The number of fused-ring (bicyclic) bond motifs is 1. The van der Waals surface area contributed by atoms with Gasteiger partial charge in [-0.2, -0.15) is 0 Å². The van der Waals surface area contributed by atoms with Crippen molar-refractivity contribution < 1.29 is 0 Å². The van der Waals surface area contributed by atoms with Crippen molar-refractivity contribution in [3.8, 4) is 0 Å². The molecule has 3 nitrogen and oxygen atoms in total. The zero-order valence-electron chi connectivity index (χ0n) is 9.09.